The molecule has 0 radical (unpaired) electrons. The molecule has 0 aromatic carbocycles. The minimum atomic E-state index is 0.118. The van der Waals surface area contributed by atoms with Crippen LogP contribution in [0.3, 0.4) is 0 Å². The molecule has 14 heavy (non-hydrogen) atoms. The van der Waals surface area contributed by atoms with Crippen molar-refractivity contribution >= 4 is 5.78 Å². The number of ketones is 1. The number of Topliss-reactive ketones (excluding diaryl/α,β-unsaturated/α-hetero) is 1. The van der Waals surface area contributed by atoms with Crippen LogP contribution in [-0.4, -0.2) is 30.0 Å². The molecule has 0 saturated carbocycles. The molecular weight excluding hydrogens is 176 g/mol. The molecule has 0 aliphatic carbocycles. The van der Waals surface area contributed by atoms with Gasteiger partial charge in [0.2, 0.25) is 0 Å². The van der Waals surface area contributed by atoms with E-state index in [0.717, 1.165) is 25.7 Å². The quantitative estimate of drug-likeness (QED) is 0.687. The highest BCUT2D eigenvalue weighted by molar-refractivity contribution is 5.89. The lowest BCUT2D eigenvalue weighted by Crippen LogP contribution is -2.45. The number of nitrogens with one attached hydrogen (secondary N) is 2. The van der Waals surface area contributed by atoms with Crippen molar-refractivity contribution < 1.29 is 4.79 Å². The van der Waals surface area contributed by atoms with E-state index in [0.29, 0.717) is 17.9 Å². The summed E-state index contributed by atoms with van der Waals surface area (Å²) in [5.41, 5.74) is 0. The van der Waals surface area contributed by atoms with Gasteiger partial charge in [-0.3, -0.25) is 4.79 Å². The van der Waals surface area contributed by atoms with Gasteiger partial charge in [0.25, 0.3) is 0 Å². The van der Waals surface area contributed by atoms with E-state index in [9.17, 15) is 4.79 Å². The topological polar surface area (TPSA) is 41.1 Å². The van der Waals surface area contributed by atoms with Crippen LogP contribution in [0.1, 0.15) is 39.5 Å². The summed E-state index contributed by atoms with van der Waals surface area (Å²) in [6.07, 6.45) is 4.32. The lowest BCUT2D eigenvalue weighted by Gasteiger charge is -2.16. The van der Waals surface area contributed by atoms with Gasteiger partial charge < -0.3 is 10.6 Å². The van der Waals surface area contributed by atoms with Gasteiger partial charge in [0.05, 0.1) is 12.1 Å². The number of carbonyl (C=O) groups excluding carboxylic acids is 1. The maximum Gasteiger partial charge on any atom is 0.166 e. The van der Waals surface area contributed by atoms with E-state index in [1.807, 2.05) is 0 Å². The van der Waals surface area contributed by atoms with Crippen LogP contribution < -0.4 is 10.6 Å². The van der Waals surface area contributed by atoms with Crippen molar-refractivity contribution in [2.24, 2.45) is 0 Å². The molecule has 2 saturated heterocycles. The Morgan fingerprint density at radius 3 is 1.64 bits per heavy atom. The second-order valence-electron chi connectivity index (χ2n) is 4.80. The lowest BCUT2D eigenvalue weighted by atomic mass is 10.0. The summed E-state index contributed by atoms with van der Waals surface area (Å²) in [5, 5.41) is 6.71. The molecule has 2 N–H and O–H groups in total. The van der Waals surface area contributed by atoms with E-state index in [1.54, 1.807) is 0 Å². The molecule has 80 valence electrons. The Morgan fingerprint density at radius 1 is 0.929 bits per heavy atom. The number of hydrogen-bond acceptors (Lipinski definition) is 3. The number of carbonyl (C=O) groups is 1. The average Bonchev–Trinajstić information content (AvgIpc) is 2.73. The fourth-order valence-electron chi connectivity index (χ4n) is 2.55. The van der Waals surface area contributed by atoms with E-state index in [4.69, 9.17) is 0 Å². The highest BCUT2D eigenvalue weighted by atomic mass is 16.1. The molecule has 0 aromatic rings. The van der Waals surface area contributed by atoms with Gasteiger partial charge in [0, 0.05) is 12.1 Å². The zero-order valence-electron chi connectivity index (χ0n) is 9.05. The van der Waals surface area contributed by atoms with Gasteiger partial charge >= 0.3 is 0 Å². The molecule has 0 bridgehead atoms. The Hall–Kier alpha value is -0.410. The van der Waals surface area contributed by atoms with E-state index in [1.165, 1.54) is 0 Å². The third-order valence-corrected chi connectivity index (χ3v) is 3.44. The van der Waals surface area contributed by atoms with Gasteiger partial charge in [0.1, 0.15) is 0 Å². The highest BCUT2D eigenvalue weighted by Crippen LogP contribution is 2.19. The summed E-state index contributed by atoms with van der Waals surface area (Å²) in [6, 6.07) is 1.27. The smallest absolute Gasteiger partial charge is 0.166 e. The van der Waals surface area contributed by atoms with Crippen molar-refractivity contribution in [3.05, 3.63) is 0 Å². The van der Waals surface area contributed by atoms with E-state index < -0.39 is 0 Å². The van der Waals surface area contributed by atoms with Crippen LogP contribution in [0, 0.1) is 0 Å². The molecule has 0 spiro atoms. The first-order valence-corrected chi connectivity index (χ1v) is 5.72. The Morgan fingerprint density at radius 2 is 1.36 bits per heavy atom. The van der Waals surface area contributed by atoms with Crippen molar-refractivity contribution in [2.45, 2.75) is 63.7 Å². The summed E-state index contributed by atoms with van der Waals surface area (Å²) in [4.78, 5) is 12.0. The van der Waals surface area contributed by atoms with E-state index in [2.05, 4.69) is 24.5 Å². The summed E-state index contributed by atoms with van der Waals surface area (Å²) >= 11 is 0. The monoisotopic (exact) mass is 196 g/mol. The molecule has 0 amide bonds. The Kier molecular flexibility index (Phi) is 2.88. The van der Waals surface area contributed by atoms with Crippen molar-refractivity contribution in [3.8, 4) is 0 Å². The molecule has 2 aliphatic heterocycles. The third-order valence-electron chi connectivity index (χ3n) is 3.44. The number of rotatable bonds is 2. The van der Waals surface area contributed by atoms with Gasteiger partial charge in [-0.05, 0) is 39.5 Å². The van der Waals surface area contributed by atoms with Gasteiger partial charge in [0.15, 0.2) is 5.78 Å². The Bertz CT molecular complexity index is 207. The minimum absolute atomic E-state index is 0.118. The molecule has 2 rings (SSSR count). The highest BCUT2D eigenvalue weighted by Gasteiger charge is 2.34. The molecule has 2 heterocycles. The average molecular weight is 196 g/mol. The fourth-order valence-corrected chi connectivity index (χ4v) is 2.55. The summed E-state index contributed by atoms with van der Waals surface area (Å²) in [6.45, 7) is 4.30. The van der Waals surface area contributed by atoms with E-state index in [-0.39, 0.29) is 12.1 Å². The maximum atomic E-state index is 12.0. The van der Waals surface area contributed by atoms with Crippen LogP contribution in [0.5, 0.6) is 0 Å². The first kappa shape index (κ1) is 10.1. The first-order chi connectivity index (χ1) is 6.66. The molecular formula is C11H20N2O. The zero-order chi connectivity index (χ0) is 10.1. The standard InChI is InChI=1S/C11H20N2O/c1-7-3-5-9(12-7)11(14)10-6-4-8(2)13-10/h7-10,12-13H,3-6H2,1-2H3. The molecule has 0 aromatic heterocycles. The summed E-state index contributed by atoms with van der Waals surface area (Å²) in [7, 11) is 0. The zero-order valence-corrected chi connectivity index (χ0v) is 9.05. The minimum Gasteiger partial charge on any atom is -0.305 e. The predicted molar refractivity (Wildman–Crippen MR) is 56.2 cm³/mol. The van der Waals surface area contributed by atoms with Gasteiger partial charge in [-0.25, -0.2) is 0 Å². The summed E-state index contributed by atoms with van der Waals surface area (Å²) < 4.78 is 0. The van der Waals surface area contributed by atoms with Gasteiger partial charge in [-0.15, -0.1) is 0 Å². The van der Waals surface area contributed by atoms with Crippen LogP contribution in [0.15, 0.2) is 0 Å². The maximum absolute atomic E-state index is 12.0. The number of hydrogen-bond donors (Lipinski definition) is 2. The predicted octanol–water partition coefficient (Wildman–Crippen LogP) is 0.837. The second-order valence-corrected chi connectivity index (χ2v) is 4.80. The van der Waals surface area contributed by atoms with Crippen LogP contribution >= 0.6 is 0 Å². The van der Waals surface area contributed by atoms with Crippen molar-refractivity contribution in [2.75, 3.05) is 0 Å². The fraction of sp³-hybridized carbons (Fsp3) is 0.909. The summed E-state index contributed by atoms with van der Waals surface area (Å²) in [5.74, 6) is 0.388. The van der Waals surface area contributed by atoms with Crippen LogP contribution in [-0.2, 0) is 4.79 Å². The molecule has 3 nitrogen and oxygen atoms in total. The molecule has 4 unspecified atom stereocenters. The van der Waals surface area contributed by atoms with Crippen LogP contribution in [0.25, 0.3) is 0 Å². The SMILES string of the molecule is CC1CCC(C(=O)C2CCC(C)N2)N1. The molecule has 4 atom stereocenters. The van der Waals surface area contributed by atoms with Gasteiger partial charge in [-0.1, -0.05) is 0 Å². The Labute approximate surface area is 85.6 Å². The van der Waals surface area contributed by atoms with Crippen LogP contribution in [0.4, 0.5) is 0 Å². The van der Waals surface area contributed by atoms with Gasteiger partial charge in [-0.2, -0.15) is 0 Å². The molecule has 2 aliphatic rings. The van der Waals surface area contributed by atoms with Crippen molar-refractivity contribution in [3.63, 3.8) is 0 Å². The largest absolute Gasteiger partial charge is 0.305 e. The van der Waals surface area contributed by atoms with Crippen molar-refractivity contribution in [1.29, 1.82) is 0 Å². The Balaban J connectivity index is 1.89. The molecule has 3 heteroatoms. The van der Waals surface area contributed by atoms with E-state index >= 15 is 0 Å². The lowest BCUT2D eigenvalue weighted by molar-refractivity contribution is -0.122. The van der Waals surface area contributed by atoms with Crippen molar-refractivity contribution in [1.82, 2.24) is 10.6 Å². The molecule has 2 fully saturated rings. The normalized spacial score (nSPS) is 43.0. The van der Waals surface area contributed by atoms with Crippen LogP contribution in [0.2, 0.25) is 0 Å². The first-order valence-electron chi connectivity index (χ1n) is 5.72. The second kappa shape index (κ2) is 3.99. The third kappa shape index (κ3) is 1.98.